The van der Waals surface area contributed by atoms with E-state index in [1.807, 2.05) is 0 Å². The molecule has 2 unspecified atom stereocenters. The largest absolute Gasteiger partial charge is 0.481 e. The number of aliphatic hydroxyl groups excluding tert-OH is 2. The van der Waals surface area contributed by atoms with Gasteiger partial charge in [-0.05, 0) is 25.7 Å². The third-order valence-electron chi connectivity index (χ3n) is 9.35. The first-order valence-corrected chi connectivity index (χ1v) is 18.6. The highest BCUT2D eigenvalue weighted by Gasteiger charge is 2.39. The third-order valence-corrected chi connectivity index (χ3v) is 9.35. The fourth-order valence-electron chi connectivity index (χ4n) is 6.49. The Balaban J connectivity index is 4.01. The smallest absolute Gasteiger partial charge is 0.309 e. The van der Waals surface area contributed by atoms with Gasteiger partial charge in [0.15, 0.2) is 0 Å². The second kappa shape index (κ2) is 30.9. The number of rotatable bonds is 35. The van der Waals surface area contributed by atoms with Gasteiger partial charge in [0.25, 0.3) is 0 Å². The molecule has 0 spiro atoms. The van der Waals surface area contributed by atoms with Gasteiger partial charge in [-0.2, -0.15) is 0 Å². The normalized spacial score (nSPS) is 13.7. The maximum absolute atomic E-state index is 12.4. The molecule has 0 amide bonds. The number of unbranched alkanes of at least 4 members (excludes halogenated alkanes) is 25. The van der Waals surface area contributed by atoms with Crippen LogP contribution in [-0.2, 0) is 9.59 Å². The van der Waals surface area contributed by atoms with Crippen molar-refractivity contribution in [2.75, 3.05) is 6.61 Å². The minimum absolute atomic E-state index is 0.150. The molecule has 4 N–H and O–H groups in total. The number of hydrogen-bond acceptors (Lipinski definition) is 4. The summed E-state index contributed by atoms with van der Waals surface area (Å²) in [5.41, 5.74) is -0.924. The molecule has 6 nitrogen and oxygen atoms in total. The molecular formula is C37H72O6. The van der Waals surface area contributed by atoms with Crippen LogP contribution in [0.5, 0.6) is 0 Å². The second-order valence-electron chi connectivity index (χ2n) is 13.5. The van der Waals surface area contributed by atoms with E-state index in [1.165, 1.54) is 116 Å². The Morgan fingerprint density at radius 3 is 1.09 bits per heavy atom. The van der Waals surface area contributed by atoms with Gasteiger partial charge in [-0.1, -0.05) is 174 Å². The fraction of sp³-hybridized carbons (Fsp3) is 0.946. The second-order valence-corrected chi connectivity index (χ2v) is 13.5. The number of aliphatic carboxylic acids is 2. The first kappa shape index (κ1) is 41.9. The summed E-state index contributed by atoms with van der Waals surface area (Å²) in [5.74, 6) is -1.50. The van der Waals surface area contributed by atoms with Crippen molar-refractivity contribution in [3.05, 3.63) is 0 Å². The maximum atomic E-state index is 12.4. The Hall–Kier alpha value is -1.14. The van der Waals surface area contributed by atoms with E-state index in [9.17, 15) is 24.9 Å². The first-order valence-electron chi connectivity index (χ1n) is 18.6. The summed E-state index contributed by atoms with van der Waals surface area (Å²) in [4.78, 5) is 22.9. The summed E-state index contributed by atoms with van der Waals surface area (Å²) < 4.78 is 0. The van der Waals surface area contributed by atoms with Gasteiger partial charge in [0, 0.05) is 6.42 Å². The summed E-state index contributed by atoms with van der Waals surface area (Å²) in [6, 6.07) is 0. The van der Waals surface area contributed by atoms with Crippen LogP contribution in [0.25, 0.3) is 0 Å². The third kappa shape index (κ3) is 26.9. The fourth-order valence-corrected chi connectivity index (χ4v) is 6.49. The van der Waals surface area contributed by atoms with Crippen molar-refractivity contribution in [2.45, 2.75) is 212 Å². The lowest BCUT2D eigenvalue weighted by Gasteiger charge is -2.31. The van der Waals surface area contributed by atoms with Crippen LogP contribution in [0.1, 0.15) is 206 Å². The Labute approximate surface area is 265 Å². The Morgan fingerprint density at radius 2 is 0.814 bits per heavy atom. The Bertz CT molecular complexity index is 624. The van der Waals surface area contributed by atoms with Crippen LogP contribution in [0.4, 0.5) is 0 Å². The molecule has 0 aromatic heterocycles. The molecule has 43 heavy (non-hydrogen) atoms. The first-order chi connectivity index (χ1) is 20.9. The van der Waals surface area contributed by atoms with Crippen LogP contribution >= 0.6 is 0 Å². The molecule has 256 valence electrons. The standard InChI is InChI=1S/C37H72O6/c1-2-3-4-5-6-7-8-9-12-15-18-21-24-27-30-37(36(42)43,32-34(39)33-38)31-28-25-22-19-16-13-10-11-14-17-20-23-26-29-35(40)41/h34,38-39H,2-33H2,1H3,(H,40,41)(H,42,43). The Kier molecular flexibility index (Phi) is 30.0. The minimum atomic E-state index is -0.965. The molecule has 0 aliphatic rings. The van der Waals surface area contributed by atoms with Crippen molar-refractivity contribution >= 4 is 11.9 Å². The lowest BCUT2D eigenvalue weighted by Crippen LogP contribution is -2.36. The molecule has 6 heteroatoms. The molecule has 0 bridgehead atoms. The molecule has 0 heterocycles. The maximum Gasteiger partial charge on any atom is 0.309 e. The summed E-state index contributed by atoms with van der Waals surface area (Å²) in [6.07, 6.45) is 33.1. The van der Waals surface area contributed by atoms with Gasteiger partial charge in [0.1, 0.15) is 0 Å². The van der Waals surface area contributed by atoms with Crippen LogP contribution < -0.4 is 0 Å². The van der Waals surface area contributed by atoms with Crippen molar-refractivity contribution < 1.29 is 30.0 Å². The van der Waals surface area contributed by atoms with Gasteiger partial charge in [-0.15, -0.1) is 0 Å². The number of carboxylic acid groups (broad SMARTS) is 2. The lowest BCUT2D eigenvalue weighted by molar-refractivity contribution is -0.153. The van der Waals surface area contributed by atoms with E-state index in [2.05, 4.69) is 6.92 Å². The van der Waals surface area contributed by atoms with Crippen molar-refractivity contribution in [2.24, 2.45) is 5.41 Å². The number of carboxylic acids is 2. The topological polar surface area (TPSA) is 115 Å². The van der Waals surface area contributed by atoms with Gasteiger partial charge in [-0.25, -0.2) is 0 Å². The van der Waals surface area contributed by atoms with Crippen LogP contribution in [0, 0.1) is 5.41 Å². The van der Waals surface area contributed by atoms with Crippen LogP contribution in [0.3, 0.4) is 0 Å². The van der Waals surface area contributed by atoms with E-state index in [0.717, 1.165) is 57.8 Å². The van der Waals surface area contributed by atoms with Gasteiger partial charge in [0.2, 0.25) is 0 Å². The van der Waals surface area contributed by atoms with Crippen LogP contribution in [0.15, 0.2) is 0 Å². The van der Waals surface area contributed by atoms with Crippen molar-refractivity contribution in [3.63, 3.8) is 0 Å². The molecule has 0 saturated heterocycles. The SMILES string of the molecule is CCCCCCCCCCCCCCCCC(CCCCCCCCCCCCCCCC(=O)O)(CC(O)CO)C(=O)O. The predicted molar refractivity (Wildman–Crippen MR) is 180 cm³/mol. The minimum Gasteiger partial charge on any atom is -0.481 e. The molecule has 0 fully saturated rings. The zero-order chi connectivity index (χ0) is 31.9. The molecule has 0 rings (SSSR count). The summed E-state index contributed by atoms with van der Waals surface area (Å²) in [5, 5.41) is 38.4. The zero-order valence-electron chi connectivity index (χ0n) is 28.3. The van der Waals surface area contributed by atoms with E-state index < -0.39 is 23.5 Å². The van der Waals surface area contributed by atoms with Gasteiger partial charge >= 0.3 is 11.9 Å². The zero-order valence-corrected chi connectivity index (χ0v) is 28.3. The molecule has 0 aromatic rings. The molecule has 0 aromatic carbocycles. The average molecular weight is 613 g/mol. The highest BCUT2D eigenvalue weighted by Crippen LogP contribution is 2.37. The van der Waals surface area contributed by atoms with Crippen LogP contribution in [-0.4, -0.2) is 45.1 Å². The average Bonchev–Trinajstić information content (AvgIpc) is 2.98. The van der Waals surface area contributed by atoms with E-state index in [1.54, 1.807) is 0 Å². The van der Waals surface area contributed by atoms with Crippen LogP contribution in [0.2, 0.25) is 0 Å². The number of hydrogen-bond donors (Lipinski definition) is 4. The summed E-state index contributed by atoms with van der Waals surface area (Å²) in [7, 11) is 0. The molecule has 0 saturated carbocycles. The monoisotopic (exact) mass is 613 g/mol. The van der Waals surface area contributed by atoms with Gasteiger partial charge in [0.05, 0.1) is 18.1 Å². The van der Waals surface area contributed by atoms with E-state index in [4.69, 9.17) is 5.11 Å². The van der Waals surface area contributed by atoms with E-state index >= 15 is 0 Å². The van der Waals surface area contributed by atoms with Gasteiger partial charge in [-0.3, -0.25) is 9.59 Å². The van der Waals surface area contributed by atoms with E-state index in [-0.39, 0.29) is 13.0 Å². The molecule has 0 aliphatic carbocycles. The van der Waals surface area contributed by atoms with Crippen molar-refractivity contribution in [3.8, 4) is 0 Å². The summed E-state index contributed by atoms with van der Waals surface area (Å²) >= 11 is 0. The Morgan fingerprint density at radius 1 is 0.512 bits per heavy atom. The van der Waals surface area contributed by atoms with Crippen molar-refractivity contribution in [1.29, 1.82) is 0 Å². The number of aliphatic hydroxyl groups is 2. The number of carbonyl (C=O) groups is 2. The molecule has 0 aliphatic heterocycles. The van der Waals surface area contributed by atoms with E-state index in [0.29, 0.717) is 19.3 Å². The highest BCUT2D eigenvalue weighted by atomic mass is 16.4. The summed E-state index contributed by atoms with van der Waals surface area (Å²) in [6.45, 7) is 1.89. The predicted octanol–water partition coefficient (Wildman–Crippen LogP) is 10.6. The molecule has 0 radical (unpaired) electrons. The molecule has 2 atom stereocenters. The van der Waals surface area contributed by atoms with Gasteiger partial charge < -0.3 is 20.4 Å². The lowest BCUT2D eigenvalue weighted by atomic mass is 9.73. The molecular weight excluding hydrogens is 540 g/mol. The van der Waals surface area contributed by atoms with Crippen molar-refractivity contribution in [1.82, 2.24) is 0 Å². The highest BCUT2D eigenvalue weighted by molar-refractivity contribution is 5.74. The quantitative estimate of drug-likeness (QED) is 0.0529.